The van der Waals surface area contributed by atoms with Crippen molar-refractivity contribution in [1.82, 2.24) is 20.1 Å². The SMILES string of the molecule is CN=C(NCc1coc(-c2ccccc2)n1)N1CCC(C(=O)N2CCOCC2)CC1. The Morgan fingerprint density at radius 1 is 1.13 bits per heavy atom. The number of hydrogen-bond acceptors (Lipinski definition) is 5. The van der Waals surface area contributed by atoms with Gasteiger partial charge in [0.15, 0.2) is 5.96 Å². The zero-order chi connectivity index (χ0) is 20.8. The maximum atomic E-state index is 12.7. The van der Waals surface area contributed by atoms with Crippen molar-refractivity contribution in [3.63, 3.8) is 0 Å². The van der Waals surface area contributed by atoms with Crippen LogP contribution in [0.25, 0.3) is 11.5 Å². The van der Waals surface area contributed by atoms with Crippen LogP contribution in [0, 0.1) is 5.92 Å². The lowest BCUT2D eigenvalue weighted by Crippen LogP contribution is -2.49. The van der Waals surface area contributed by atoms with Crippen LogP contribution in [0.4, 0.5) is 0 Å². The normalized spacial score (nSPS) is 18.5. The lowest BCUT2D eigenvalue weighted by Gasteiger charge is -2.36. The molecule has 1 amide bonds. The summed E-state index contributed by atoms with van der Waals surface area (Å²) in [5.41, 5.74) is 1.78. The van der Waals surface area contributed by atoms with Crippen LogP contribution in [-0.4, -0.2) is 73.1 Å². The average molecular weight is 412 g/mol. The number of aromatic nitrogens is 1. The molecule has 3 heterocycles. The summed E-state index contributed by atoms with van der Waals surface area (Å²) in [5, 5.41) is 3.37. The van der Waals surface area contributed by atoms with Gasteiger partial charge in [0, 0.05) is 44.7 Å². The van der Waals surface area contributed by atoms with Gasteiger partial charge in [-0.25, -0.2) is 4.98 Å². The Hall–Kier alpha value is -2.87. The van der Waals surface area contributed by atoms with Gasteiger partial charge in [0.2, 0.25) is 11.8 Å². The number of guanidine groups is 1. The van der Waals surface area contributed by atoms with Gasteiger partial charge in [-0.15, -0.1) is 0 Å². The van der Waals surface area contributed by atoms with E-state index in [9.17, 15) is 4.79 Å². The van der Waals surface area contributed by atoms with E-state index in [1.54, 1.807) is 13.3 Å². The number of morpholine rings is 1. The molecule has 0 unspecified atom stereocenters. The Labute approximate surface area is 176 Å². The molecule has 0 aliphatic carbocycles. The largest absolute Gasteiger partial charge is 0.444 e. The summed E-state index contributed by atoms with van der Waals surface area (Å²) in [6, 6.07) is 9.85. The molecule has 8 nitrogen and oxygen atoms in total. The molecule has 4 rings (SSSR count). The first-order chi connectivity index (χ1) is 14.7. The highest BCUT2D eigenvalue weighted by Gasteiger charge is 2.30. The molecule has 2 fully saturated rings. The first kappa shape index (κ1) is 20.4. The minimum absolute atomic E-state index is 0.0985. The van der Waals surface area contributed by atoms with E-state index in [1.807, 2.05) is 35.2 Å². The third-order valence-corrected chi connectivity index (χ3v) is 5.68. The summed E-state index contributed by atoms with van der Waals surface area (Å²) >= 11 is 0. The molecular weight excluding hydrogens is 382 g/mol. The Morgan fingerprint density at radius 3 is 2.57 bits per heavy atom. The van der Waals surface area contributed by atoms with Gasteiger partial charge in [-0.05, 0) is 25.0 Å². The molecule has 1 aromatic carbocycles. The van der Waals surface area contributed by atoms with Gasteiger partial charge in [-0.3, -0.25) is 9.79 Å². The van der Waals surface area contributed by atoms with Crippen molar-refractivity contribution in [2.45, 2.75) is 19.4 Å². The summed E-state index contributed by atoms with van der Waals surface area (Å²) < 4.78 is 11.0. The van der Waals surface area contributed by atoms with Gasteiger partial charge >= 0.3 is 0 Å². The highest BCUT2D eigenvalue weighted by atomic mass is 16.5. The molecule has 0 bridgehead atoms. The zero-order valence-electron chi connectivity index (χ0n) is 17.4. The molecule has 1 N–H and O–H groups in total. The number of carbonyl (C=O) groups excluding carboxylic acids is 1. The third kappa shape index (κ3) is 4.81. The van der Waals surface area contributed by atoms with Gasteiger partial charge < -0.3 is 24.3 Å². The second-order valence-electron chi connectivity index (χ2n) is 7.61. The molecule has 0 radical (unpaired) electrons. The number of nitrogens with zero attached hydrogens (tertiary/aromatic N) is 4. The van der Waals surface area contributed by atoms with Crippen molar-refractivity contribution in [3.8, 4) is 11.5 Å². The predicted octanol–water partition coefficient (Wildman–Crippen LogP) is 1.99. The number of likely N-dealkylation sites (tertiary alicyclic amines) is 1. The van der Waals surface area contributed by atoms with Crippen LogP contribution < -0.4 is 5.32 Å². The first-order valence-electron chi connectivity index (χ1n) is 10.6. The highest BCUT2D eigenvalue weighted by molar-refractivity contribution is 5.81. The zero-order valence-corrected chi connectivity index (χ0v) is 17.4. The van der Waals surface area contributed by atoms with Crippen LogP contribution in [0.15, 0.2) is 46.0 Å². The second kappa shape index (κ2) is 9.75. The molecule has 2 aromatic rings. The Kier molecular flexibility index (Phi) is 6.63. The van der Waals surface area contributed by atoms with E-state index >= 15 is 0 Å². The molecular formula is C22H29N5O3. The summed E-state index contributed by atoms with van der Waals surface area (Å²) in [4.78, 5) is 25.8. The van der Waals surface area contributed by atoms with E-state index < -0.39 is 0 Å². The molecule has 0 spiro atoms. The minimum atomic E-state index is 0.0985. The number of hydrogen-bond donors (Lipinski definition) is 1. The number of aliphatic imine (C=N–C) groups is 1. The number of piperidine rings is 1. The van der Waals surface area contributed by atoms with Gasteiger partial charge in [0.1, 0.15) is 6.26 Å². The monoisotopic (exact) mass is 411 g/mol. The summed E-state index contributed by atoms with van der Waals surface area (Å²) in [7, 11) is 1.78. The van der Waals surface area contributed by atoms with Crippen molar-refractivity contribution in [2.75, 3.05) is 46.4 Å². The number of ether oxygens (including phenoxy) is 1. The highest BCUT2D eigenvalue weighted by Crippen LogP contribution is 2.21. The van der Waals surface area contributed by atoms with Crippen molar-refractivity contribution < 1.29 is 13.9 Å². The molecule has 1 aromatic heterocycles. The van der Waals surface area contributed by atoms with Crippen molar-refractivity contribution in [2.24, 2.45) is 10.9 Å². The fourth-order valence-electron chi connectivity index (χ4n) is 3.98. The second-order valence-corrected chi connectivity index (χ2v) is 7.61. The molecule has 2 aliphatic heterocycles. The number of carbonyl (C=O) groups is 1. The number of rotatable bonds is 4. The summed E-state index contributed by atoms with van der Waals surface area (Å²) in [6.07, 6.45) is 3.37. The smallest absolute Gasteiger partial charge is 0.226 e. The maximum absolute atomic E-state index is 12.7. The molecule has 2 aliphatic rings. The van der Waals surface area contributed by atoms with E-state index in [0.29, 0.717) is 38.7 Å². The number of nitrogens with one attached hydrogen (secondary N) is 1. The third-order valence-electron chi connectivity index (χ3n) is 5.68. The van der Waals surface area contributed by atoms with E-state index in [0.717, 1.165) is 43.1 Å². The van der Waals surface area contributed by atoms with Crippen molar-refractivity contribution >= 4 is 11.9 Å². The van der Waals surface area contributed by atoms with Crippen molar-refractivity contribution in [3.05, 3.63) is 42.3 Å². The molecule has 160 valence electrons. The quantitative estimate of drug-likeness (QED) is 0.612. The average Bonchev–Trinajstić information content (AvgIpc) is 3.30. The van der Waals surface area contributed by atoms with Gasteiger partial charge in [-0.1, -0.05) is 18.2 Å². The van der Waals surface area contributed by atoms with Crippen LogP contribution in [0.5, 0.6) is 0 Å². The fraction of sp³-hybridized carbons (Fsp3) is 0.500. The first-order valence-corrected chi connectivity index (χ1v) is 10.6. The molecule has 0 atom stereocenters. The van der Waals surface area contributed by atoms with Gasteiger partial charge in [0.25, 0.3) is 0 Å². The van der Waals surface area contributed by atoms with Crippen LogP contribution in [-0.2, 0) is 16.1 Å². The standard InChI is InChI=1S/C22H29N5O3/c1-23-22(24-15-19-16-30-20(25-19)17-5-3-2-4-6-17)27-9-7-18(8-10-27)21(28)26-11-13-29-14-12-26/h2-6,16,18H,7-15H2,1H3,(H,23,24). The maximum Gasteiger partial charge on any atom is 0.226 e. The molecule has 2 saturated heterocycles. The van der Waals surface area contributed by atoms with Crippen LogP contribution in [0.3, 0.4) is 0 Å². The Morgan fingerprint density at radius 2 is 1.87 bits per heavy atom. The van der Waals surface area contributed by atoms with E-state index in [4.69, 9.17) is 9.15 Å². The van der Waals surface area contributed by atoms with Crippen molar-refractivity contribution in [1.29, 1.82) is 0 Å². The Bertz CT molecular complexity index is 853. The van der Waals surface area contributed by atoms with Gasteiger partial charge in [0.05, 0.1) is 25.5 Å². The minimum Gasteiger partial charge on any atom is -0.444 e. The Balaban J connectivity index is 1.27. The topological polar surface area (TPSA) is 83.2 Å². The number of amides is 1. The lowest BCUT2D eigenvalue weighted by molar-refractivity contribution is -0.140. The summed E-state index contributed by atoms with van der Waals surface area (Å²) in [6.45, 7) is 4.89. The number of benzene rings is 1. The van der Waals surface area contributed by atoms with Crippen LogP contribution in [0.2, 0.25) is 0 Å². The molecule has 0 saturated carbocycles. The van der Waals surface area contributed by atoms with Gasteiger partial charge in [-0.2, -0.15) is 0 Å². The van der Waals surface area contributed by atoms with E-state index in [1.165, 1.54) is 0 Å². The predicted molar refractivity (Wildman–Crippen MR) is 114 cm³/mol. The van der Waals surface area contributed by atoms with E-state index in [2.05, 4.69) is 20.2 Å². The van der Waals surface area contributed by atoms with Crippen LogP contribution in [0.1, 0.15) is 18.5 Å². The number of oxazole rings is 1. The van der Waals surface area contributed by atoms with E-state index in [-0.39, 0.29) is 11.8 Å². The fourth-order valence-corrected chi connectivity index (χ4v) is 3.98. The van der Waals surface area contributed by atoms with Crippen LogP contribution >= 0.6 is 0 Å². The molecule has 30 heavy (non-hydrogen) atoms. The molecule has 8 heteroatoms. The summed E-state index contributed by atoms with van der Waals surface area (Å²) in [5.74, 6) is 1.82. The lowest BCUT2D eigenvalue weighted by atomic mass is 9.95.